The van der Waals surface area contributed by atoms with E-state index in [9.17, 15) is 17.6 Å². The highest BCUT2D eigenvalue weighted by molar-refractivity contribution is 5.90. The van der Waals surface area contributed by atoms with Crippen molar-refractivity contribution in [2.45, 2.75) is 24.9 Å². The molecule has 180 valence electrons. The number of benzene rings is 1. The summed E-state index contributed by atoms with van der Waals surface area (Å²) in [6.07, 6.45) is -0.203. The second kappa shape index (κ2) is 8.08. The van der Waals surface area contributed by atoms with Crippen molar-refractivity contribution in [2.75, 3.05) is 32.6 Å². The van der Waals surface area contributed by atoms with Crippen LogP contribution in [0.1, 0.15) is 0 Å². The Morgan fingerprint density at radius 1 is 1.29 bits per heavy atom. The maximum atomic E-state index is 15.1. The van der Waals surface area contributed by atoms with Crippen LogP contribution in [0.2, 0.25) is 0 Å². The third-order valence-corrected chi connectivity index (χ3v) is 5.78. The van der Waals surface area contributed by atoms with E-state index in [0.29, 0.717) is 16.6 Å². The number of alkyl halides is 4. The minimum atomic E-state index is -3.00. The normalized spacial score (nSPS) is 18.4. The molecule has 0 spiro atoms. The Morgan fingerprint density at radius 2 is 2.09 bits per heavy atom. The summed E-state index contributed by atoms with van der Waals surface area (Å²) in [6, 6.07) is 3.51. The van der Waals surface area contributed by atoms with Crippen molar-refractivity contribution < 1.29 is 26.7 Å². The number of methoxy groups -OCH3 is 1. The topological polar surface area (TPSA) is 72.5 Å². The van der Waals surface area contributed by atoms with E-state index in [1.165, 1.54) is 22.9 Å². The van der Waals surface area contributed by atoms with Crippen molar-refractivity contribution in [3.63, 3.8) is 0 Å². The van der Waals surface area contributed by atoms with E-state index in [2.05, 4.69) is 20.4 Å². The molecule has 0 radical (unpaired) electrons. The molecular formula is C21H20F5N7O. The summed E-state index contributed by atoms with van der Waals surface area (Å²) in [5, 5.41) is 6.78. The zero-order chi connectivity index (χ0) is 24.2. The Balaban J connectivity index is 1.58. The zero-order valence-corrected chi connectivity index (χ0v) is 18.1. The van der Waals surface area contributed by atoms with Crippen LogP contribution in [-0.4, -0.2) is 74.7 Å². The van der Waals surface area contributed by atoms with Gasteiger partial charge >= 0.3 is 0 Å². The average molecular weight is 481 g/mol. The van der Waals surface area contributed by atoms with Gasteiger partial charge in [-0.1, -0.05) is 6.07 Å². The Hall–Kier alpha value is -3.48. The number of imidazole rings is 1. The molecule has 1 N–H and O–H groups in total. The fourth-order valence-electron chi connectivity index (χ4n) is 4.29. The lowest BCUT2D eigenvalue weighted by Crippen LogP contribution is -2.38. The fourth-order valence-corrected chi connectivity index (χ4v) is 4.29. The van der Waals surface area contributed by atoms with Gasteiger partial charge in [0, 0.05) is 6.54 Å². The van der Waals surface area contributed by atoms with Crippen LogP contribution in [0.5, 0.6) is 5.88 Å². The number of halogens is 5. The number of likely N-dealkylation sites (tertiary alicyclic amines) is 1. The smallest absolute Gasteiger partial charge is 0.281 e. The first-order valence-electron chi connectivity index (χ1n) is 10.4. The van der Waals surface area contributed by atoms with E-state index in [4.69, 9.17) is 4.74 Å². The summed E-state index contributed by atoms with van der Waals surface area (Å²) in [5.41, 5.74) is 1.50. The molecule has 5 rings (SSSR count). The summed E-state index contributed by atoms with van der Waals surface area (Å²) in [7, 11) is 2.90. The van der Waals surface area contributed by atoms with Gasteiger partial charge < -0.3 is 14.6 Å². The predicted molar refractivity (Wildman–Crippen MR) is 114 cm³/mol. The Kier molecular flexibility index (Phi) is 5.30. The molecule has 0 bridgehead atoms. The number of likely N-dealkylation sites (N-methyl/N-ethyl adjacent to an activating group) is 1. The molecule has 1 atom stereocenters. The summed E-state index contributed by atoms with van der Waals surface area (Å²) < 4.78 is 77.2. The van der Waals surface area contributed by atoms with Crippen molar-refractivity contribution in [3.05, 3.63) is 36.5 Å². The monoisotopic (exact) mass is 481 g/mol. The van der Waals surface area contributed by atoms with Gasteiger partial charge in [0.15, 0.2) is 5.82 Å². The van der Waals surface area contributed by atoms with Crippen molar-refractivity contribution in [2.24, 2.45) is 0 Å². The maximum Gasteiger partial charge on any atom is 0.281 e. The highest BCUT2D eigenvalue weighted by atomic mass is 19.3. The van der Waals surface area contributed by atoms with Crippen molar-refractivity contribution in [3.8, 4) is 17.0 Å². The lowest BCUT2D eigenvalue weighted by atomic mass is 10.1. The molecule has 3 aromatic heterocycles. The van der Waals surface area contributed by atoms with Gasteiger partial charge in [-0.25, -0.2) is 31.5 Å². The Bertz CT molecular complexity index is 1370. The van der Waals surface area contributed by atoms with Crippen molar-refractivity contribution in [1.82, 2.24) is 29.0 Å². The van der Waals surface area contributed by atoms with E-state index in [1.54, 1.807) is 25.2 Å². The second-order valence-corrected chi connectivity index (χ2v) is 8.24. The molecule has 0 saturated carbocycles. The largest absolute Gasteiger partial charge is 0.479 e. The van der Waals surface area contributed by atoms with Crippen molar-refractivity contribution >= 4 is 22.5 Å². The number of rotatable bonds is 6. The van der Waals surface area contributed by atoms with Crippen LogP contribution in [0.25, 0.3) is 27.7 Å². The molecule has 1 aliphatic heterocycles. The molecular weight excluding hydrogens is 461 g/mol. The molecule has 1 unspecified atom stereocenters. The molecule has 4 heterocycles. The fraction of sp³-hybridized carbons (Fsp3) is 0.381. The molecule has 4 aromatic rings. The highest BCUT2D eigenvalue weighted by Gasteiger charge is 2.47. The number of hydrogen-bond acceptors (Lipinski definition) is 6. The summed E-state index contributed by atoms with van der Waals surface area (Å²) in [5.74, 6) is -3.84. The second-order valence-electron chi connectivity index (χ2n) is 8.24. The number of fused-ring (bicyclic) bond motifs is 2. The van der Waals surface area contributed by atoms with Gasteiger partial charge in [0.25, 0.3) is 12.3 Å². The van der Waals surface area contributed by atoms with E-state index in [-0.39, 0.29) is 29.5 Å². The molecule has 1 saturated heterocycles. The number of nitrogens with zero attached hydrogens (tertiary/aromatic N) is 6. The summed E-state index contributed by atoms with van der Waals surface area (Å²) in [4.78, 5) is 9.76. The number of hydrogen-bond donors (Lipinski definition) is 1. The van der Waals surface area contributed by atoms with Gasteiger partial charge in [-0.15, -0.1) is 5.10 Å². The highest BCUT2D eigenvalue weighted by Crippen LogP contribution is 2.36. The van der Waals surface area contributed by atoms with Crippen LogP contribution in [0.15, 0.2) is 30.7 Å². The summed E-state index contributed by atoms with van der Waals surface area (Å²) in [6.45, 7) is -0.882. The molecule has 1 aromatic carbocycles. The minimum absolute atomic E-state index is 0.0350. The lowest BCUT2D eigenvalue weighted by Gasteiger charge is -2.19. The van der Waals surface area contributed by atoms with Gasteiger partial charge in [-0.2, -0.15) is 4.98 Å². The average Bonchev–Trinajstić information content (AvgIpc) is 3.39. The quantitative estimate of drug-likeness (QED) is 0.425. The SMILES string of the molecule is COc1nc(NC2CN(C)CC2(F)F)nn2cc(F)c(-c3ccc4ncn(CC(F)F)c4c3)c12. The van der Waals surface area contributed by atoms with Crippen LogP contribution in [0.4, 0.5) is 27.9 Å². The molecule has 8 nitrogen and oxygen atoms in total. The number of nitrogens with one attached hydrogen (secondary N) is 1. The third-order valence-electron chi connectivity index (χ3n) is 5.78. The first-order valence-corrected chi connectivity index (χ1v) is 10.4. The molecule has 1 aliphatic rings. The van der Waals surface area contributed by atoms with Gasteiger partial charge in [0.05, 0.1) is 49.3 Å². The molecule has 34 heavy (non-hydrogen) atoms. The Morgan fingerprint density at radius 3 is 2.76 bits per heavy atom. The van der Waals surface area contributed by atoms with E-state index >= 15 is 4.39 Å². The van der Waals surface area contributed by atoms with Crippen LogP contribution in [0, 0.1) is 5.82 Å². The van der Waals surface area contributed by atoms with E-state index in [1.807, 2.05) is 0 Å². The predicted octanol–water partition coefficient (Wildman–Crippen LogP) is 3.52. The number of anilines is 1. The first kappa shape index (κ1) is 22.3. The molecule has 1 fully saturated rings. The van der Waals surface area contributed by atoms with Crippen LogP contribution in [0.3, 0.4) is 0 Å². The van der Waals surface area contributed by atoms with Crippen molar-refractivity contribution in [1.29, 1.82) is 0 Å². The van der Waals surface area contributed by atoms with E-state index < -0.39 is 37.3 Å². The standard InChI is InChI=1S/C21H20F5N7O/c1-31-7-15(21(25,26)9-31)28-20-29-19(34-2)18-17(12(22)6-33(18)30-20)11-3-4-13-14(5-11)32(10-27-13)8-16(23)24/h3-6,10,15-16H,7-9H2,1-2H3,(H,28,30). The van der Waals surface area contributed by atoms with E-state index in [0.717, 1.165) is 10.7 Å². The van der Waals surface area contributed by atoms with Gasteiger partial charge in [-0.3, -0.25) is 4.90 Å². The molecule has 0 aliphatic carbocycles. The molecule has 13 heteroatoms. The van der Waals surface area contributed by atoms with Gasteiger partial charge in [0.2, 0.25) is 11.8 Å². The van der Waals surface area contributed by atoms with Gasteiger partial charge in [-0.05, 0) is 24.7 Å². The van der Waals surface area contributed by atoms with Gasteiger partial charge in [0.1, 0.15) is 11.6 Å². The van der Waals surface area contributed by atoms with Crippen LogP contribution in [-0.2, 0) is 6.54 Å². The lowest BCUT2D eigenvalue weighted by molar-refractivity contribution is 0.00582. The maximum absolute atomic E-state index is 15.1. The van der Waals surface area contributed by atoms with Crippen LogP contribution < -0.4 is 10.1 Å². The minimum Gasteiger partial charge on any atom is -0.479 e. The number of ether oxygens (including phenoxy) is 1. The summed E-state index contributed by atoms with van der Waals surface area (Å²) >= 11 is 0. The molecule has 0 amide bonds. The zero-order valence-electron chi connectivity index (χ0n) is 18.1. The van der Waals surface area contributed by atoms with Crippen LogP contribution >= 0.6 is 0 Å². The number of aromatic nitrogens is 5. The third kappa shape index (κ3) is 3.79. The Labute approximate surface area is 189 Å². The first-order chi connectivity index (χ1) is 16.2.